The topological polar surface area (TPSA) is 57.8 Å². The summed E-state index contributed by atoms with van der Waals surface area (Å²) in [6, 6.07) is 0. The smallest absolute Gasteiger partial charge is 0.302 e. The van der Waals surface area contributed by atoms with E-state index in [1.807, 2.05) is 13.8 Å². The van der Waals surface area contributed by atoms with Gasteiger partial charge in [0.25, 0.3) is 0 Å². The van der Waals surface area contributed by atoms with E-state index in [9.17, 15) is 4.79 Å². The van der Waals surface area contributed by atoms with E-state index in [1.54, 1.807) is 0 Å². The minimum absolute atomic E-state index is 0. The highest BCUT2D eigenvalue weighted by Gasteiger charge is 1.99. The fourth-order valence-electron chi connectivity index (χ4n) is 0.367. The summed E-state index contributed by atoms with van der Waals surface area (Å²) in [5.74, 6) is -0.195. The van der Waals surface area contributed by atoms with Crippen LogP contribution in [0.1, 0.15) is 27.2 Å². The molecule has 9 heavy (non-hydrogen) atoms. The zero-order valence-corrected chi connectivity index (χ0v) is 6.10. The van der Waals surface area contributed by atoms with Gasteiger partial charge in [0, 0.05) is 6.92 Å². The normalized spacial score (nSPS) is 11.4. The molecule has 56 valence electrons. The molecule has 0 amide bonds. The van der Waals surface area contributed by atoms with Crippen molar-refractivity contribution in [1.82, 2.24) is 0 Å². The zero-order valence-electron chi connectivity index (χ0n) is 6.10. The van der Waals surface area contributed by atoms with Crippen LogP contribution in [0.3, 0.4) is 0 Å². The van der Waals surface area contributed by atoms with Gasteiger partial charge in [0.05, 0.1) is 6.10 Å². The molecule has 1 unspecified atom stereocenters. The van der Waals surface area contributed by atoms with Crippen molar-refractivity contribution in [1.29, 1.82) is 0 Å². The van der Waals surface area contributed by atoms with Crippen LogP contribution in [-0.2, 0) is 9.53 Å². The Morgan fingerprint density at radius 2 is 2.11 bits per heavy atom. The first kappa shape index (κ1) is 11.3. The maximum absolute atomic E-state index is 10.2. The average molecular weight is 134 g/mol. The van der Waals surface area contributed by atoms with E-state index in [2.05, 4.69) is 0 Å². The number of hydrogen-bond donors (Lipinski definition) is 0. The van der Waals surface area contributed by atoms with E-state index in [4.69, 9.17) is 4.74 Å². The van der Waals surface area contributed by atoms with E-state index < -0.39 is 0 Å². The molecule has 0 aliphatic heterocycles. The summed E-state index contributed by atoms with van der Waals surface area (Å²) in [6.45, 7) is 5.28. The molecule has 1 atom stereocenters. The summed E-state index contributed by atoms with van der Waals surface area (Å²) in [4.78, 5) is 10.2. The number of hydrogen-bond acceptors (Lipinski definition) is 2. The Kier molecular flexibility index (Phi) is 6.96. The standard InChI is InChI=1S/C6H12O2.H2O/c1-4-5(2)8-6(3)7;/h5H,4H2,1-3H3;1H2. The monoisotopic (exact) mass is 134 g/mol. The Balaban J connectivity index is 0. The largest absolute Gasteiger partial charge is 0.463 e. The molecule has 0 bridgehead atoms. The quantitative estimate of drug-likeness (QED) is 0.517. The fraction of sp³-hybridized carbons (Fsp3) is 0.833. The molecule has 0 aromatic heterocycles. The maximum Gasteiger partial charge on any atom is 0.302 e. The summed E-state index contributed by atoms with van der Waals surface area (Å²) in [6.07, 6.45) is 0.965. The second-order valence-corrected chi connectivity index (χ2v) is 1.83. The molecule has 2 N–H and O–H groups in total. The first-order valence-electron chi connectivity index (χ1n) is 2.84. The maximum atomic E-state index is 10.2. The van der Waals surface area contributed by atoms with Gasteiger partial charge < -0.3 is 10.2 Å². The Bertz CT molecular complexity index is 80.4. The van der Waals surface area contributed by atoms with E-state index >= 15 is 0 Å². The molecule has 0 aliphatic rings. The Labute approximate surface area is 55.3 Å². The SMILES string of the molecule is CCC(C)OC(C)=O.O. The summed E-state index contributed by atoms with van der Waals surface area (Å²) in [7, 11) is 0. The van der Waals surface area contributed by atoms with Crippen molar-refractivity contribution in [3.63, 3.8) is 0 Å². The molecule has 0 saturated heterocycles. The first-order chi connectivity index (χ1) is 3.66. The fourth-order valence-corrected chi connectivity index (χ4v) is 0.367. The van der Waals surface area contributed by atoms with E-state index in [0.717, 1.165) is 6.42 Å². The van der Waals surface area contributed by atoms with E-state index in [1.165, 1.54) is 6.92 Å². The van der Waals surface area contributed by atoms with Crippen molar-refractivity contribution in [3.05, 3.63) is 0 Å². The average Bonchev–Trinajstić information content (AvgIpc) is 1.65. The second kappa shape index (κ2) is 5.56. The van der Waals surface area contributed by atoms with Crippen molar-refractivity contribution in [2.24, 2.45) is 0 Å². The molecule has 3 heteroatoms. The molecule has 0 rings (SSSR count). The summed E-state index contributed by atoms with van der Waals surface area (Å²) in [5, 5.41) is 0. The molecule has 0 radical (unpaired) electrons. The van der Waals surface area contributed by atoms with Crippen LogP contribution in [0.2, 0.25) is 0 Å². The minimum Gasteiger partial charge on any atom is -0.463 e. The van der Waals surface area contributed by atoms with Crippen molar-refractivity contribution < 1.29 is 15.0 Å². The van der Waals surface area contributed by atoms with Crippen LogP contribution >= 0.6 is 0 Å². The third kappa shape index (κ3) is 7.43. The van der Waals surface area contributed by atoms with E-state index in [0.29, 0.717) is 0 Å². The number of ether oxygens (including phenoxy) is 1. The van der Waals surface area contributed by atoms with Gasteiger partial charge >= 0.3 is 5.97 Å². The van der Waals surface area contributed by atoms with Crippen LogP contribution < -0.4 is 0 Å². The number of rotatable bonds is 2. The number of esters is 1. The number of carbonyl (C=O) groups is 1. The van der Waals surface area contributed by atoms with Gasteiger partial charge in [0.1, 0.15) is 0 Å². The van der Waals surface area contributed by atoms with Crippen LogP contribution in [0.4, 0.5) is 0 Å². The molecule has 0 aliphatic carbocycles. The lowest BCUT2D eigenvalue weighted by atomic mass is 10.3. The molecule has 0 aromatic carbocycles. The summed E-state index contributed by atoms with van der Waals surface area (Å²) in [5.41, 5.74) is 0. The molecular formula is C6H14O3. The lowest BCUT2D eigenvalue weighted by molar-refractivity contribution is -0.145. The zero-order chi connectivity index (χ0) is 6.57. The number of carbonyl (C=O) groups excluding carboxylic acids is 1. The predicted octanol–water partition coefficient (Wildman–Crippen LogP) is 0.523. The highest BCUT2D eigenvalue weighted by molar-refractivity contribution is 5.66. The summed E-state index contributed by atoms with van der Waals surface area (Å²) < 4.78 is 4.76. The van der Waals surface area contributed by atoms with Crippen LogP contribution in [-0.4, -0.2) is 17.5 Å². The van der Waals surface area contributed by atoms with Gasteiger partial charge in [0.2, 0.25) is 0 Å². The Hall–Kier alpha value is -0.570. The lowest BCUT2D eigenvalue weighted by Crippen LogP contribution is -2.09. The van der Waals surface area contributed by atoms with Crippen LogP contribution in [0.5, 0.6) is 0 Å². The third-order valence-corrected chi connectivity index (χ3v) is 0.942. The molecule has 0 fully saturated rings. The molecule has 3 nitrogen and oxygen atoms in total. The molecule has 0 spiro atoms. The second-order valence-electron chi connectivity index (χ2n) is 1.83. The van der Waals surface area contributed by atoms with Gasteiger partial charge in [-0.25, -0.2) is 0 Å². The summed E-state index contributed by atoms with van der Waals surface area (Å²) >= 11 is 0. The van der Waals surface area contributed by atoms with Gasteiger partial charge in [-0.2, -0.15) is 0 Å². The highest BCUT2D eigenvalue weighted by atomic mass is 16.5. The third-order valence-electron chi connectivity index (χ3n) is 0.942. The van der Waals surface area contributed by atoms with Crippen molar-refractivity contribution in [2.45, 2.75) is 33.3 Å². The van der Waals surface area contributed by atoms with Gasteiger partial charge in [-0.1, -0.05) is 6.92 Å². The Morgan fingerprint density at radius 3 is 2.22 bits per heavy atom. The first-order valence-corrected chi connectivity index (χ1v) is 2.84. The molecule has 0 aromatic rings. The van der Waals surface area contributed by atoms with E-state index in [-0.39, 0.29) is 17.5 Å². The van der Waals surface area contributed by atoms with Gasteiger partial charge in [-0.15, -0.1) is 0 Å². The van der Waals surface area contributed by atoms with Crippen LogP contribution in [0, 0.1) is 0 Å². The van der Waals surface area contributed by atoms with Gasteiger partial charge in [-0.05, 0) is 13.3 Å². The van der Waals surface area contributed by atoms with Crippen molar-refractivity contribution in [3.8, 4) is 0 Å². The van der Waals surface area contributed by atoms with Gasteiger partial charge in [0.15, 0.2) is 0 Å². The predicted molar refractivity (Wildman–Crippen MR) is 35.1 cm³/mol. The Morgan fingerprint density at radius 1 is 1.67 bits per heavy atom. The van der Waals surface area contributed by atoms with Crippen LogP contribution in [0.15, 0.2) is 0 Å². The molecular weight excluding hydrogens is 120 g/mol. The molecule has 0 saturated carbocycles. The van der Waals surface area contributed by atoms with Crippen molar-refractivity contribution in [2.75, 3.05) is 0 Å². The molecule has 0 heterocycles. The van der Waals surface area contributed by atoms with Crippen molar-refractivity contribution >= 4 is 5.97 Å². The van der Waals surface area contributed by atoms with Gasteiger partial charge in [-0.3, -0.25) is 4.79 Å². The highest BCUT2D eigenvalue weighted by Crippen LogP contribution is 1.94. The lowest BCUT2D eigenvalue weighted by Gasteiger charge is -2.06. The van der Waals surface area contributed by atoms with Crippen LogP contribution in [0.25, 0.3) is 0 Å². The minimum atomic E-state index is -0.195.